The number of nitrogens with two attached hydrogens (primary N) is 2. The van der Waals surface area contributed by atoms with Gasteiger partial charge in [0.2, 0.25) is 5.91 Å². The average Bonchev–Trinajstić information content (AvgIpc) is 2.54. The molecule has 4 unspecified atom stereocenters. The summed E-state index contributed by atoms with van der Waals surface area (Å²) in [6.45, 7) is 2.54. The summed E-state index contributed by atoms with van der Waals surface area (Å²) in [7, 11) is 0. The summed E-state index contributed by atoms with van der Waals surface area (Å²) in [5.74, 6) is 0.201. The van der Waals surface area contributed by atoms with Crippen LogP contribution in [0, 0.1) is 11.8 Å². The van der Waals surface area contributed by atoms with Crippen molar-refractivity contribution < 1.29 is 4.79 Å². The number of nitrogens with one attached hydrogen (secondary N) is 1. The van der Waals surface area contributed by atoms with Crippen molar-refractivity contribution in [2.45, 2.75) is 44.7 Å². The molecule has 4 nitrogen and oxygen atoms in total. The molecule has 1 aromatic rings. The first kappa shape index (κ1) is 16.0. The van der Waals surface area contributed by atoms with Crippen LogP contribution in [0.15, 0.2) is 30.3 Å². The molecule has 4 heteroatoms. The molecule has 4 atom stereocenters. The molecule has 21 heavy (non-hydrogen) atoms. The zero-order chi connectivity index (χ0) is 15.2. The quantitative estimate of drug-likeness (QED) is 0.775. The smallest absolute Gasteiger partial charge is 0.224 e. The van der Waals surface area contributed by atoms with E-state index in [-0.39, 0.29) is 23.9 Å². The van der Waals surface area contributed by atoms with E-state index in [0.29, 0.717) is 12.5 Å². The van der Waals surface area contributed by atoms with E-state index < -0.39 is 0 Å². The minimum absolute atomic E-state index is 0.0386. The highest BCUT2D eigenvalue weighted by Gasteiger charge is 2.29. The van der Waals surface area contributed by atoms with E-state index in [9.17, 15) is 4.79 Å². The maximum Gasteiger partial charge on any atom is 0.224 e. The van der Waals surface area contributed by atoms with Gasteiger partial charge in [0.25, 0.3) is 0 Å². The Morgan fingerprint density at radius 2 is 1.95 bits per heavy atom. The molecule has 0 bridgehead atoms. The molecule has 116 valence electrons. The van der Waals surface area contributed by atoms with E-state index in [1.54, 1.807) is 0 Å². The predicted molar refractivity (Wildman–Crippen MR) is 85.5 cm³/mol. The second-order valence-corrected chi connectivity index (χ2v) is 6.12. The second-order valence-electron chi connectivity index (χ2n) is 6.12. The molecule has 1 aliphatic carbocycles. The standard InChI is InChI=1S/C17H27N3O/c1-12(16(19)13-7-3-2-4-8-13)17(21)20-15-10-6-5-9-14(15)11-18/h2-4,7-8,12,14-16H,5-6,9-11,18-19H2,1H3,(H,20,21). The molecule has 0 saturated heterocycles. The summed E-state index contributed by atoms with van der Waals surface area (Å²) in [6, 6.07) is 9.73. The van der Waals surface area contributed by atoms with Crippen LogP contribution in [-0.2, 0) is 4.79 Å². The molecular formula is C17H27N3O. The molecular weight excluding hydrogens is 262 g/mol. The van der Waals surface area contributed by atoms with Crippen molar-refractivity contribution in [2.24, 2.45) is 23.3 Å². The van der Waals surface area contributed by atoms with Gasteiger partial charge >= 0.3 is 0 Å². The van der Waals surface area contributed by atoms with E-state index in [4.69, 9.17) is 11.5 Å². The van der Waals surface area contributed by atoms with Crippen LogP contribution in [0.5, 0.6) is 0 Å². The number of rotatable bonds is 5. The van der Waals surface area contributed by atoms with Crippen molar-refractivity contribution in [1.82, 2.24) is 5.32 Å². The Hall–Kier alpha value is -1.39. The van der Waals surface area contributed by atoms with Gasteiger partial charge in [0.1, 0.15) is 0 Å². The maximum atomic E-state index is 12.5. The molecule has 1 aliphatic rings. The normalized spacial score (nSPS) is 25.1. The Labute approximate surface area is 127 Å². The number of carbonyl (C=O) groups excluding carboxylic acids is 1. The Morgan fingerprint density at radius 3 is 2.62 bits per heavy atom. The first-order chi connectivity index (χ1) is 10.1. The topological polar surface area (TPSA) is 81.1 Å². The fourth-order valence-electron chi connectivity index (χ4n) is 3.12. The van der Waals surface area contributed by atoms with E-state index in [2.05, 4.69) is 5.32 Å². The largest absolute Gasteiger partial charge is 0.353 e. The molecule has 0 aliphatic heterocycles. The lowest BCUT2D eigenvalue weighted by Crippen LogP contribution is -2.47. The van der Waals surface area contributed by atoms with Crippen molar-refractivity contribution in [2.75, 3.05) is 6.54 Å². The molecule has 0 radical (unpaired) electrons. The summed E-state index contributed by atoms with van der Waals surface area (Å²) in [5.41, 5.74) is 13.0. The zero-order valence-electron chi connectivity index (χ0n) is 12.8. The van der Waals surface area contributed by atoms with E-state index >= 15 is 0 Å². The molecule has 0 spiro atoms. The van der Waals surface area contributed by atoms with Crippen molar-refractivity contribution in [3.8, 4) is 0 Å². The van der Waals surface area contributed by atoms with Crippen LogP contribution in [0.1, 0.15) is 44.2 Å². The van der Waals surface area contributed by atoms with Gasteiger partial charge in [-0.3, -0.25) is 4.79 Å². The molecule has 1 fully saturated rings. The van der Waals surface area contributed by atoms with Crippen molar-refractivity contribution in [3.63, 3.8) is 0 Å². The summed E-state index contributed by atoms with van der Waals surface area (Å²) in [5, 5.41) is 3.17. The summed E-state index contributed by atoms with van der Waals surface area (Å²) in [6.07, 6.45) is 4.52. The minimum Gasteiger partial charge on any atom is -0.353 e. The maximum absolute atomic E-state index is 12.5. The van der Waals surface area contributed by atoms with Crippen LogP contribution in [0.2, 0.25) is 0 Å². The lowest BCUT2D eigenvalue weighted by atomic mass is 9.84. The Morgan fingerprint density at radius 1 is 1.29 bits per heavy atom. The van der Waals surface area contributed by atoms with Gasteiger partial charge in [-0.15, -0.1) is 0 Å². The van der Waals surface area contributed by atoms with Gasteiger partial charge in [0.05, 0.1) is 5.92 Å². The third-order valence-corrected chi connectivity index (χ3v) is 4.68. The van der Waals surface area contributed by atoms with Crippen LogP contribution in [-0.4, -0.2) is 18.5 Å². The van der Waals surface area contributed by atoms with Crippen LogP contribution < -0.4 is 16.8 Å². The number of carbonyl (C=O) groups is 1. The van der Waals surface area contributed by atoms with Crippen LogP contribution in [0.4, 0.5) is 0 Å². The van der Waals surface area contributed by atoms with Gasteiger partial charge in [0.15, 0.2) is 0 Å². The van der Waals surface area contributed by atoms with Gasteiger partial charge in [-0.2, -0.15) is 0 Å². The molecule has 1 saturated carbocycles. The number of hydrogen-bond donors (Lipinski definition) is 3. The van der Waals surface area contributed by atoms with Crippen LogP contribution in [0.25, 0.3) is 0 Å². The average molecular weight is 289 g/mol. The van der Waals surface area contributed by atoms with Gasteiger partial charge in [-0.1, -0.05) is 50.1 Å². The molecule has 0 heterocycles. The van der Waals surface area contributed by atoms with E-state index in [1.165, 1.54) is 12.8 Å². The molecule has 2 rings (SSSR count). The predicted octanol–water partition coefficient (Wildman–Crippen LogP) is 1.96. The monoisotopic (exact) mass is 289 g/mol. The van der Waals surface area contributed by atoms with Crippen LogP contribution in [0.3, 0.4) is 0 Å². The van der Waals surface area contributed by atoms with Gasteiger partial charge < -0.3 is 16.8 Å². The van der Waals surface area contributed by atoms with E-state index in [0.717, 1.165) is 18.4 Å². The summed E-state index contributed by atoms with van der Waals surface area (Å²) in [4.78, 5) is 12.5. The van der Waals surface area contributed by atoms with Crippen molar-refractivity contribution >= 4 is 5.91 Å². The third-order valence-electron chi connectivity index (χ3n) is 4.68. The highest BCUT2D eigenvalue weighted by Crippen LogP contribution is 2.25. The van der Waals surface area contributed by atoms with E-state index in [1.807, 2.05) is 37.3 Å². The fourth-order valence-corrected chi connectivity index (χ4v) is 3.12. The Balaban J connectivity index is 1.95. The van der Waals surface area contributed by atoms with Crippen LogP contribution >= 0.6 is 0 Å². The highest BCUT2D eigenvalue weighted by atomic mass is 16.2. The first-order valence-electron chi connectivity index (χ1n) is 7.94. The fraction of sp³-hybridized carbons (Fsp3) is 0.588. The Kier molecular flexibility index (Phi) is 5.76. The summed E-state index contributed by atoms with van der Waals surface area (Å²) >= 11 is 0. The van der Waals surface area contributed by atoms with Gasteiger partial charge in [-0.25, -0.2) is 0 Å². The summed E-state index contributed by atoms with van der Waals surface area (Å²) < 4.78 is 0. The first-order valence-corrected chi connectivity index (χ1v) is 7.94. The highest BCUT2D eigenvalue weighted by molar-refractivity contribution is 5.79. The second kappa shape index (κ2) is 7.57. The third kappa shape index (κ3) is 4.05. The molecule has 1 aromatic carbocycles. The molecule has 0 aromatic heterocycles. The molecule has 1 amide bonds. The van der Waals surface area contributed by atoms with Crippen molar-refractivity contribution in [1.29, 1.82) is 0 Å². The minimum atomic E-state index is -0.272. The lowest BCUT2D eigenvalue weighted by molar-refractivity contribution is -0.126. The Bertz CT molecular complexity index is 449. The van der Waals surface area contributed by atoms with Crippen molar-refractivity contribution in [3.05, 3.63) is 35.9 Å². The lowest BCUT2D eigenvalue weighted by Gasteiger charge is -2.32. The SMILES string of the molecule is CC(C(=O)NC1CCCCC1CN)C(N)c1ccccc1. The number of hydrogen-bond acceptors (Lipinski definition) is 3. The number of benzene rings is 1. The van der Waals surface area contributed by atoms with Gasteiger partial charge in [0, 0.05) is 12.1 Å². The number of amides is 1. The molecule has 5 N–H and O–H groups in total. The van der Waals surface area contributed by atoms with Gasteiger partial charge in [-0.05, 0) is 30.9 Å². The zero-order valence-corrected chi connectivity index (χ0v) is 12.8.